The normalized spacial score (nSPS) is 9.29. The summed E-state index contributed by atoms with van der Waals surface area (Å²) in [6.07, 6.45) is 1.16. The molecule has 0 saturated heterocycles. The maximum Gasteiger partial charge on any atom is 0.570 e. The molecule has 1 aromatic rings. The first-order chi connectivity index (χ1) is 6.69. The maximum absolute atomic E-state index is 11.1. The van der Waals surface area contributed by atoms with E-state index in [0.717, 1.165) is 6.20 Å². The number of anilines is 1. The standard InChI is InChI=1S/C6H7BN3O4/c1-13-6(11)4-5(8)9-2-3(10-4)14-7-12/h2,12H,1H3,(H2,8,9). The smallest absolute Gasteiger partial charge is 0.522 e. The van der Waals surface area contributed by atoms with Gasteiger partial charge in [0, 0.05) is 0 Å². The Balaban J connectivity index is 3.01. The molecule has 0 unspecified atom stereocenters. The fourth-order valence-corrected chi connectivity index (χ4v) is 0.740. The molecule has 14 heavy (non-hydrogen) atoms. The largest absolute Gasteiger partial charge is 0.570 e. The van der Waals surface area contributed by atoms with Gasteiger partial charge in [-0.2, -0.15) is 0 Å². The van der Waals surface area contributed by atoms with Crippen LogP contribution in [-0.4, -0.2) is 35.8 Å². The van der Waals surface area contributed by atoms with E-state index in [1.165, 1.54) is 7.11 Å². The second kappa shape index (κ2) is 4.42. The topological polar surface area (TPSA) is 108 Å². The third kappa shape index (κ3) is 2.10. The fourth-order valence-electron chi connectivity index (χ4n) is 0.740. The predicted octanol–water partition coefficient (Wildman–Crippen LogP) is -1.25. The van der Waals surface area contributed by atoms with Gasteiger partial charge in [0.2, 0.25) is 5.88 Å². The summed E-state index contributed by atoms with van der Waals surface area (Å²) in [5.41, 5.74) is 5.20. The molecule has 73 valence electrons. The van der Waals surface area contributed by atoms with E-state index in [1.807, 2.05) is 0 Å². The van der Waals surface area contributed by atoms with E-state index in [9.17, 15) is 4.79 Å². The van der Waals surface area contributed by atoms with Crippen LogP contribution in [0.15, 0.2) is 6.20 Å². The molecule has 0 aliphatic carbocycles. The van der Waals surface area contributed by atoms with Crippen LogP contribution in [0.25, 0.3) is 0 Å². The summed E-state index contributed by atoms with van der Waals surface area (Å²) in [4.78, 5) is 18.3. The Bertz CT molecular complexity index is 346. The van der Waals surface area contributed by atoms with Crippen molar-refractivity contribution in [3.05, 3.63) is 11.9 Å². The highest BCUT2D eigenvalue weighted by molar-refractivity contribution is 6.17. The Morgan fingerprint density at radius 3 is 3.00 bits per heavy atom. The van der Waals surface area contributed by atoms with Crippen LogP contribution < -0.4 is 10.4 Å². The quantitative estimate of drug-likeness (QED) is 0.459. The molecule has 0 saturated carbocycles. The molecular formula is C6H7BN3O4. The number of nitrogens with two attached hydrogens (primary N) is 1. The minimum absolute atomic E-state index is 0.0536. The van der Waals surface area contributed by atoms with E-state index in [2.05, 4.69) is 19.4 Å². The molecule has 3 N–H and O–H groups in total. The number of hydrogen-bond acceptors (Lipinski definition) is 7. The maximum atomic E-state index is 11.1. The number of methoxy groups -OCH3 is 1. The lowest BCUT2D eigenvalue weighted by molar-refractivity contribution is 0.0594. The Hall–Kier alpha value is -1.83. The molecule has 0 fully saturated rings. The second-order valence-electron chi connectivity index (χ2n) is 2.16. The lowest BCUT2D eigenvalue weighted by Gasteiger charge is -2.04. The molecule has 0 aliphatic rings. The molecule has 8 heteroatoms. The average molecular weight is 196 g/mol. The Morgan fingerprint density at radius 2 is 2.43 bits per heavy atom. The van der Waals surface area contributed by atoms with Crippen LogP contribution in [0.1, 0.15) is 10.5 Å². The van der Waals surface area contributed by atoms with Crippen LogP contribution >= 0.6 is 0 Å². The van der Waals surface area contributed by atoms with E-state index in [4.69, 9.17) is 10.8 Å². The van der Waals surface area contributed by atoms with Crippen LogP contribution in [0.2, 0.25) is 0 Å². The highest BCUT2D eigenvalue weighted by Crippen LogP contribution is 2.11. The minimum Gasteiger partial charge on any atom is -0.522 e. The number of carbonyl (C=O) groups excluding carboxylic acids is 1. The van der Waals surface area contributed by atoms with Crippen LogP contribution in [0.5, 0.6) is 5.88 Å². The van der Waals surface area contributed by atoms with Gasteiger partial charge in [0.1, 0.15) is 0 Å². The molecule has 0 bridgehead atoms. The first-order valence-electron chi connectivity index (χ1n) is 3.52. The van der Waals surface area contributed by atoms with E-state index in [1.54, 1.807) is 0 Å². The number of aromatic nitrogens is 2. The number of esters is 1. The first kappa shape index (κ1) is 10.3. The summed E-state index contributed by atoms with van der Waals surface area (Å²) in [5, 5.41) is 8.31. The summed E-state index contributed by atoms with van der Waals surface area (Å²) in [5.74, 6) is -0.845. The monoisotopic (exact) mass is 196 g/mol. The number of nitrogens with zero attached hydrogens (tertiary/aromatic N) is 2. The zero-order chi connectivity index (χ0) is 10.6. The number of rotatable bonds is 3. The van der Waals surface area contributed by atoms with E-state index in [-0.39, 0.29) is 17.4 Å². The highest BCUT2D eigenvalue weighted by Gasteiger charge is 2.14. The summed E-state index contributed by atoms with van der Waals surface area (Å²) >= 11 is 0. The third-order valence-electron chi connectivity index (χ3n) is 1.33. The van der Waals surface area contributed by atoms with Crippen molar-refractivity contribution in [3.63, 3.8) is 0 Å². The van der Waals surface area contributed by atoms with Gasteiger partial charge in [-0.15, -0.1) is 0 Å². The van der Waals surface area contributed by atoms with Crippen molar-refractivity contribution in [1.82, 2.24) is 9.97 Å². The van der Waals surface area contributed by atoms with Gasteiger partial charge in [-0.05, 0) is 0 Å². The summed E-state index contributed by atoms with van der Waals surface area (Å²) in [6.45, 7) is 0. The van der Waals surface area contributed by atoms with Gasteiger partial charge >= 0.3 is 13.7 Å². The van der Waals surface area contributed by atoms with Crippen molar-refractivity contribution in [2.24, 2.45) is 0 Å². The van der Waals surface area contributed by atoms with Crippen LogP contribution in [0.3, 0.4) is 0 Å². The Morgan fingerprint density at radius 1 is 1.71 bits per heavy atom. The first-order valence-corrected chi connectivity index (χ1v) is 3.52. The Kier molecular flexibility index (Phi) is 3.24. The van der Waals surface area contributed by atoms with Gasteiger partial charge in [-0.3, -0.25) is 0 Å². The van der Waals surface area contributed by atoms with Crippen LogP contribution in [0, 0.1) is 0 Å². The van der Waals surface area contributed by atoms with Gasteiger partial charge in [-0.25, -0.2) is 14.8 Å². The number of nitrogen functional groups attached to an aromatic ring is 1. The Labute approximate surface area is 80.2 Å². The van der Waals surface area contributed by atoms with Crippen molar-refractivity contribution in [2.75, 3.05) is 12.8 Å². The van der Waals surface area contributed by atoms with Crippen molar-refractivity contribution < 1.29 is 19.2 Å². The average Bonchev–Trinajstić information content (AvgIpc) is 2.20. The van der Waals surface area contributed by atoms with Gasteiger partial charge in [-0.1, -0.05) is 0 Å². The molecule has 1 aromatic heterocycles. The number of carbonyl (C=O) groups is 1. The van der Waals surface area contributed by atoms with Crippen molar-refractivity contribution in [2.45, 2.75) is 0 Å². The molecule has 0 atom stereocenters. The molecule has 1 heterocycles. The molecule has 1 radical (unpaired) electrons. The summed E-state index contributed by atoms with van der Waals surface area (Å²) in [7, 11) is 1.61. The molecule has 0 spiro atoms. The molecule has 0 aromatic carbocycles. The van der Waals surface area contributed by atoms with Gasteiger partial charge in [0.05, 0.1) is 13.3 Å². The molecule has 7 nitrogen and oxygen atoms in total. The van der Waals surface area contributed by atoms with Crippen LogP contribution in [0.4, 0.5) is 5.82 Å². The van der Waals surface area contributed by atoms with E-state index >= 15 is 0 Å². The SMILES string of the molecule is COC(=O)c1nc(O[B]O)cnc1N. The number of ether oxygens (including phenoxy) is 1. The van der Waals surface area contributed by atoms with E-state index < -0.39 is 5.97 Å². The lowest BCUT2D eigenvalue weighted by Crippen LogP contribution is -2.12. The molecule has 1 rings (SSSR count). The second-order valence-corrected chi connectivity index (χ2v) is 2.16. The summed E-state index contributed by atoms with van der Waals surface area (Å²) < 4.78 is 8.89. The van der Waals surface area contributed by atoms with Gasteiger partial charge in [0.15, 0.2) is 11.5 Å². The zero-order valence-corrected chi connectivity index (χ0v) is 7.30. The van der Waals surface area contributed by atoms with Crippen molar-refractivity contribution in [1.29, 1.82) is 0 Å². The highest BCUT2D eigenvalue weighted by atomic mass is 16.5. The zero-order valence-electron chi connectivity index (χ0n) is 7.30. The summed E-state index contributed by atoms with van der Waals surface area (Å²) in [6, 6.07) is 0. The van der Waals surface area contributed by atoms with Gasteiger partial charge < -0.3 is 20.1 Å². The van der Waals surface area contributed by atoms with Crippen molar-refractivity contribution in [3.8, 4) is 5.88 Å². The van der Waals surface area contributed by atoms with E-state index in [0.29, 0.717) is 7.69 Å². The fraction of sp³-hybridized carbons (Fsp3) is 0.167. The van der Waals surface area contributed by atoms with Crippen molar-refractivity contribution >= 4 is 19.5 Å². The third-order valence-corrected chi connectivity index (χ3v) is 1.33. The lowest BCUT2D eigenvalue weighted by atomic mass is 10.4. The number of hydrogen-bond donors (Lipinski definition) is 2. The minimum atomic E-state index is -0.724. The predicted molar refractivity (Wildman–Crippen MR) is 46.4 cm³/mol. The molecular weight excluding hydrogens is 189 g/mol. The molecule has 0 amide bonds. The van der Waals surface area contributed by atoms with Crippen LogP contribution in [-0.2, 0) is 4.74 Å². The molecule has 0 aliphatic heterocycles. The van der Waals surface area contributed by atoms with Gasteiger partial charge in [0.25, 0.3) is 0 Å².